The number of halogens is 2. The topological polar surface area (TPSA) is 92.6 Å². The van der Waals surface area contributed by atoms with E-state index in [2.05, 4.69) is 10.4 Å². The van der Waals surface area contributed by atoms with Crippen LogP contribution in [0.3, 0.4) is 0 Å². The minimum absolute atomic E-state index is 0.0877. The Morgan fingerprint density at radius 1 is 1.13 bits per heavy atom. The van der Waals surface area contributed by atoms with Crippen LogP contribution in [0.4, 0.5) is 30.8 Å². The Labute approximate surface area is 223 Å². The minimum atomic E-state index is -2.70. The molecule has 200 valence electrons. The lowest BCUT2D eigenvalue weighted by molar-refractivity contribution is 0.0958. The molecule has 0 radical (unpaired) electrons. The van der Waals surface area contributed by atoms with Crippen molar-refractivity contribution in [3.05, 3.63) is 65.6 Å². The van der Waals surface area contributed by atoms with Crippen molar-refractivity contribution in [1.29, 1.82) is 0 Å². The molecule has 4 aromatic rings. The fraction of sp³-hybridized carbons (Fsp3) is 0.286. The molecular formula is C28H26F2N6O3. The molecule has 1 fully saturated rings. The average Bonchev–Trinajstić information content (AvgIpc) is 3.58. The van der Waals surface area contributed by atoms with Gasteiger partial charge in [-0.3, -0.25) is 14.4 Å². The first-order valence-electron chi connectivity index (χ1n) is 12.7. The van der Waals surface area contributed by atoms with Crippen molar-refractivity contribution in [3.8, 4) is 11.1 Å². The van der Waals surface area contributed by atoms with Gasteiger partial charge < -0.3 is 15.0 Å². The molecule has 2 aromatic carbocycles. The summed E-state index contributed by atoms with van der Waals surface area (Å²) in [5, 5.41) is 8.21. The normalized spacial score (nSPS) is 15.2. The van der Waals surface area contributed by atoms with Gasteiger partial charge in [0.05, 0.1) is 12.7 Å². The summed E-state index contributed by atoms with van der Waals surface area (Å²) in [6.45, 7) is 1.28. The van der Waals surface area contributed by atoms with E-state index < -0.39 is 12.5 Å². The Hall–Kier alpha value is -4.54. The summed E-state index contributed by atoms with van der Waals surface area (Å²) in [6.07, 6.45) is 1.69. The van der Waals surface area contributed by atoms with Crippen molar-refractivity contribution in [2.75, 3.05) is 36.5 Å². The monoisotopic (exact) mass is 532 g/mol. The number of anilines is 3. The number of nitrogens with zero attached hydrogens (tertiary/aromatic N) is 5. The number of benzene rings is 2. The van der Waals surface area contributed by atoms with E-state index in [0.717, 1.165) is 23.8 Å². The molecule has 2 aliphatic heterocycles. The van der Waals surface area contributed by atoms with Crippen molar-refractivity contribution in [1.82, 2.24) is 20.1 Å². The fourth-order valence-corrected chi connectivity index (χ4v) is 5.33. The molecule has 39 heavy (non-hydrogen) atoms. The Morgan fingerprint density at radius 2 is 1.97 bits per heavy atom. The Bertz CT molecular complexity index is 1620. The molecule has 0 aliphatic carbocycles. The summed E-state index contributed by atoms with van der Waals surface area (Å²) >= 11 is 0. The number of carbonyl (C=O) groups is 2. The Kier molecular flexibility index (Phi) is 6.13. The molecule has 0 atom stereocenters. The Morgan fingerprint density at radius 3 is 2.67 bits per heavy atom. The van der Waals surface area contributed by atoms with E-state index in [0.29, 0.717) is 53.4 Å². The van der Waals surface area contributed by atoms with Crippen LogP contribution in [0.5, 0.6) is 0 Å². The van der Waals surface area contributed by atoms with Crippen LogP contribution in [0.2, 0.25) is 0 Å². The number of nitrogens with one attached hydrogen (secondary N) is 1. The first kappa shape index (κ1) is 24.8. The van der Waals surface area contributed by atoms with Gasteiger partial charge in [0.2, 0.25) is 0 Å². The van der Waals surface area contributed by atoms with E-state index in [1.54, 1.807) is 36.3 Å². The SMILES string of the molecule is CNC(=O)c1cc2cc(N3CCOC3=O)ccc2c(N2CCCc3cc(-c4cnn(C)c4)c(C(F)F)cc32)n1. The highest BCUT2D eigenvalue weighted by Crippen LogP contribution is 2.42. The molecule has 11 heteroatoms. The smallest absolute Gasteiger partial charge is 0.414 e. The average molecular weight is 533 g/mol. The van der Waals surface area contributed by atoms with Crippen LogP contribution in [-0.2, 0) is 18.2 Å². The van der Waals surface area contributed by atoms with Gasteiger partial charge in [-0.2, -0.15) is 5.10 Å². The van der Waals surface area contributed by atoms with E-state index in [-0.39, 0.29) is 17.2 Å². The van der Waals surface area contributed by atoms with E-state index >= 15 is 0 Å². The maximum Gasteiger partial charge on any atom is 0.414 e. The number of amides is 2. The second kappa shape index (κ2) is 9.64. The van der Waals surface area contributed by atoms with E-state index in [4.69, 9.17) is 9.72 Å². The molecule has 2 amide bonds. The number of aromatic nitrogens is 3. The lowest BCUT2D eigenvalue weighted by Crippen LogP contribution is -2.27. The van der Waals surface area contributed by atoms with Crippen molar-refractivity contribution in [2.24, 2.45) is 7.05 Å². The van der Waals surface area contributed by atoms with Crippen molar-refractivity contribution in [3.63, 3.8) is 0 Å². The van der Waals surface area contributed by atoms with Gasteiger partial charge in [-0.1, -0.05) is 0 Å². The third-order valence-corrected chi connectivity index (χ3v) is 7.20. The molecule has 0 unspecified atom stereocenters. The lowest BCUT2D eigenvalue weighted by atomic mass is 9.93. The molecule has 9 nitrogen and oxygen atoms in total. The van der Waals surface area contributed by atoms with Crippen LogP contribution < -0.4 is 15.1 Å². The quantitative estimate of drug-likeness (QED) is 0.390. The Balaban J connectivity index is 1.52. The van der Waals surface area contributed by atoms with E-state index in [9.17, 15) is 18.4 Å². The highest BCUT2D eigenvalue weighted by Gasteiger charge is 2.28. The predicted octanol–water partition coefficient (Wildman–Crippen LogP) is 4.97. The zero-order chi connectivity index (χ0) is 27.3. The van der Waals surface area contributed by atoms with Gasteiger partial charge in [0.15, 0.2) is 0 Å². The number of ether oxygens (including phenoxy) is 1. The number of hydrogen-bond donors (Lipinski definition) is 1. The first-order chi connectivity index (χ1) is 18.8. The van der Waals surface area contributed by atoms with Gasteiger partial charge in [-0.15, -0.1) is 0 Å². The molecule has 0 saturated carbocycles. The molecule has 2 aliphatic rings. The number of rotatable bonds is 5. The number of carbonyl (C=O) groups excluding carboxylic acids is 2. The third kappa shape index (κ3) is 4.33. The van der Waals surface area contributed by atoms with Gasteiger partial charge in [-0.05, 0) is 65.8 Å². The second-order valence-electron chi connectivity index (χ2n) is 9.61. The summed E-state index contributed by atoms with van der Waals surface area (Å²) in [5.74, 6) is 0.124. The molecule has 1 saturated heterocycles. The molecule has 4 heterocycles. The van der Waals surface area contributed by atoms with Crippen molar-refractivity contribution >= 4 is 40.0 Å². The van der Waals surface area contributed by atoms with Gasteiger partial charge in [0.1, 0.15) is 18.1 Å². The predicted molar refractivity (Wildman–Crippen MR) is 143 cm³/mol. The fourth-order valence-electron chi connectivity index (χ4n) is 5.33. The second-order valence-corrected chi connectivity index (χ2v) is 9.61. The lowest BCUT2D eigenvalue weighted by Gasteiger charge is -2.33. The number of aryl methyl sites for hydroxylation is 2. The van der Waals surface area contributed by atoms with Gasteiger partial charge in [0.25, 0.3) is 12.3 Å². The third-order valence-electron chi connectivity index (χ3n) is 7.20. The highest BCUT2D eigenvalue weighted by atomic mass is 19.3. The standard InChI is InChI=1S/C28H26F2N6O3/c1-31-27(37)23-12-17-10-19(35-8-9-39-28(35)38)5-6-20(17)26(33-23)36-7-3-4-16-11-21(18-14-32-34(2)15-18)22(25(29)30)13-24(16)36/h5-6,10-15,25H,3-4,7-9H2,1-2H3,(H,31,37). The van der Waals surface area contributed by atoms with Crippen molar-refractivity contribution in [2.45, 2.75) is 19.3 Å². The van der Waals surface area contributed by atoms with Crippen molar-refractivity contribution < 1.29 is 23.1 Å². The zero-order valence-electron chi connectivity index (χ0n) is 21.4. The van der Waals surface area contributed by atoms with Crippen LogP contribution in [-0.4, -0.2) is 53.5 Å². The largest absolute Gasteiger partial charge is 0.447 e. The van der Waals surface area contributed by atoms with Crippen LogP contribution in [0.1, 0.15) is 34.5 Å². The zero-order valence-corrected chi connectivity index (χ0v) is 21.4. The maximum absolute atomic E-state index is 14.4. The van der Waals surface area contributed by atoms with Crippen LogP contribution >= 0.6 is 0 Å². The highest BCUT2D eigenvalue weighted by molar-refractivity contribution is 6.03. The molecule has 1 N–H and O–H groups in total. The molecular weight excluding hydrogens is 506 g/mol. The van der Waals surface area contributed by atoms with Crippen LogP contribution in [0.15, 0.2) is 48.8 Å². The summed E-state index contributed by atoms with van der Waals surface area (Å²) in [7, 11) is 3.27. The number of cyclic esters (lactones) is 1. The number of alkyl halides is 2. The van der Waals surface area contributed by atoms with Gasteiger partial charge >= 0.3 is 6.09 Å². The summed E-state index contributed by atoms with van der Waals surface area (Å²) in [4.78, 5) is 33.0. The van der Waals surface area contributed by atoms with Gasteiger partial charge in [0, 0.05) is 54.7 Å². The molecule has 2 aromatic heterocycles. The van der Waals surface area contributed by atoms with E-state index in [1.165, 1.54) is 18.0 Å². The maximum atomic E-state index is 14.4. The van der Waals surface area contributed by atoms with Gasteiger partial charge in [-0.25, -0.2) is 18.6 Å². The summed E-state index contributed by atoms with van der Waals surface area (Å²) < 4.78 is 35.4. The molecule has 6 rings (SSSR count). The summed E-state index contributed by atoms with van der Waals surface area (Å²) in [6, 6.07) is 10.5. The van der Waals surface area contributed by atoms with Crippen LogP contribution in [0, 0.1) is 0 Å². The first-order valence-corrected chi connectivity index (χ1v) is 12.7. The molecule has 0 spiro atoms. The number of pyridine rings is 1. The number of hydrogen-bond acceptors (Lipinski definition) is 6. The summed E-state index contributed by atoms with van der Waals surface area (Å²) in [5.41, 5.74) is 3.39. The minimum Gasteiger partial charge on any atom is -0.447 e. The van der Waals surface area contributed by atoms with E-state index in [1.807, 2.05) is 23.1 Å². The van der Waals surface area contributed by atoms with Crippen LogP contribution in [0.25, 0.3) is 21.9 Å². The number of fused-ring (bicyclic) bond motifs is 2. The molecule has 0 bridgehead atoms.